The molecule has 0 saturated carbocycles. The van der Waals surface area contributed by atoms with E-state index in [4.69, 9.17) is 4.74 Å². The van der Waals surface area contributed by atoms with Crippen molar-refractivity contribution in [3.05, 3.63) is 94.6 Å². The van der Waals surface area contributed by atoms with Crippen LogP contribution in [0.4, 0.5) is 20.2 Å². The number of halogens is 2. The lowest BCUT2D eigenvalue weighted by molar-refractivity contribution is 0.0596. The van der Waals surface area contributed by atoms with Crippen LogP contribution in [0.3, 0.4) is 0 Å². The van der Waals surface area contributed by atoms with E-state index in [2.05, 4.69) is 16.7 Å². The second-order valence-corrected chi connectivity index (χ2v) is 9.35. The summed E-state index contributed by atoms with van der Waals surface area (Å²) in [5.74, 6) is -2.40. The van der Waals surface area contributed by atoms with Gasteiger partial charge in [0.05, 0.1) is 7.11 Å². The van der Waals surface area contributed by atoms with E-state index in [1.807, 2.05) is 33.8 Å². The molecule has 4 nitrogen and oxygen atoms in total. The van der Waals surface area contributed by atoms with Gasteiger partial charge in [-0.25, -0.2) is 13.6 Å². The Labute approximate surface area is 218 Å². The minimum atomic E-state index is -0.932. The molecule has 0 unspecified atom stereocenters. The summed E-state index contributed by atoms with van der Waals surface area (Å²) in [4.78, 5) is 12.7. The molecule has 0 aliphatic rings. The smallest absolute Gasteiger partial charge is 0.341 e. The van der Waals surface area contributed by atoms with Gasteiger partial charge in [0.2, 0.25) is 0 Å². The van der Waals surface area contributed by atoms with Gasteiger partial charge in [-0.3, -0.25) is 0 Å². The van der Waals surface area contributed by atoms with Crippen LogP contribution >= 0.6 is 0 Å². The van der Waals surface area contributed by atoms with E-state index in [0.29, 0.717) is 24.2 Å². The lowest BCUT2D eigenvalue weighted by Crippen LogP contribution is -2.12. The van der Waals surface area contributed by atoms with E-state index >= 15 is 8.78 Å². The SMILES string of the molecule is COC(=O)c1c(F)c(-c2ccc(NCC=C(C)C)cc2)c(C)c(F)c1-c1ccc(NCC=C(C)C)cc1. The molecule has 6 heteroatoms. The number of benzene rings is 3. The Hall–Kier alpha value is -3.93. The number of hydrogen-bond acceptors (Lipinski definition) is 4. The predicted molar refractivity (Wildman–Crippen MR) is 149 cm³/mol. The largest absolute Gasteiger partial charge is 0.465 e. The van der Waals surface area contributed by atoms with Gasteiger partial charge in [0.15, 0.2) is 0 Å². The van der Waals surface area contributed by atoms with Gasteiger partial charge in [0.1, 0.15) is 17.2 Å². The molecular weight excluding hydrogens is 470 g/mol. The molecule has 0 bridgehead atoms. The Bertz CT molecular complexity index is 1320. The number of rotatable bonds is 9. The average Bonchev–Trinajstić information content (AvgIpc) is 2.87. The highest BCUT2D eigenvalue weighted by atomic mass is 19.1. The van der Waals surface area contributed by atoms with Crippen molar-refractivity contribution in [2.45, 2.75) is 34.6 Å². The van der Waals surface area contributed by atoms with Crippen LogP contribution in [-0.2, 0) is 4.74 Å². The Morgan fingerprint density at radius 1 is 0.757 bits per heavy atom. The quantitative estimate of drug-likeness (QED) is 0.228. The van der Waals surface area contributed by atoms with Crippen LogP contribution in [0.15, 0.2) is 71.8 Å². The van der Waals surface area contributed by atoms with Gasteiger partial charge in [0, 0.05) is 35.6 Å². The summed E-state index contributed by atoms with van der Waals surface area (Å²) in [6.45, 7) is 10.9. The third-order valence-electron chi connectivity index (χ3n) is 5.98. The van der Waals surface area contributed by atoms with Crippen molar-refractivity contribution in [1.29, 1.82) is 0 Å². The van der Waals surface area contributed by atoms with E-state index in [0.717, 1.165) is 18.5 Å². The number of hydrogen-bond donors (Lipinski definition) is 2. The van der Waals surface area contributed by atoms with E-state index in [-0.39, 0.29) is 16.7 Å². The number of nitrogens with one attached hydrogen (secondary N) is 2. The Morgan fingerprint density at radius 2 is 1.19 bits per heavy atom. The fourth-order valence-corrected chi connectivity index (χ4v) is 3.97. The van der Waals surface area contributed by atoms with Gasteiger partial charge in [-0.1, -0.05) is 47.6 Å². The summed E-state index contributed by atoms with van der Waals surface area (Å²) in [6.07, 6.45) is 4.10. The first-order valence-electron chi connectivity index (χ1n) is 12.2. The number of carbonyl (C=O) groups is 1. The molecule has 0 aliphatic heterocycles. The average molecular weight is 505 g/mol. The highest BCUT2D eigenvalue weighted by Crippen LogP contribution is 2.39. The molecule has 0 atom stereocenters. The molecule has 0 fully saturated rings. The lowest BCUT2D eigenvalue weighted by atomic mass is 9.89. The van der Waals surface area contributed by atoms with Gasteiger partial charge < -0.3 is 15.4 Å². The van der Waals surface area contributed by atoms with Gasteiger partial charge in [0.25, 0.3) is 0 Å². The Morgan fingerprint density at radius 3 is 1.59 bits per heavy atom. The maximum Gasteiger partial charge on any atom is 0.341 e. The molecule has 0 aliphatic carbocycles. The van der Waals surface area contributed by atoms with E-state index in [1.54, 1.807) is 48.5 Å². The van der Waals surface area contributed by atoms with Gasteiger partial charge >= 0.3 is 5.97 Å². The number of carbonyl (C=O) groups excluding carboxylic acids is 1. The standard InChI is InChI=1S/C31H34F2N2O2/c1-19(2)15-17-34-24-11-7-22(8-12-24)26-21(5)29(32)27(28(30(26)33)31(36)37-6)23-9-13-25(14-10-23)35-18-16-20(3)4/h7-16,34-35H,17-18H2,1-6H3. The molecule has 0 heterocycles. The number of esters is 1. The van der Waals surface area contributed by atoms with Crippen molar-refractivity contribution in [3.63, 3.8) is 0 Å². The molecule has 2 N–H and O–H groups in total. The second kappa shape index (κ2) is 12.3. The van der Waals surface area contributed by atoms with Gasteiger partial charge in [-0.15, -0.1) is 0 Å². The summed E-state index contributed by atoms with van der Waals surface area (Å²) in [7, 11) is 1.16. The summed E-state index contributed by atoms with van der Waals surface area (Å²) in [5.41, 5.74) is 4.55. The molecule has 3 rings (SSSR count). The van der Waals surface area contributed by atoms with E-state index < -0.39 is 23.2 Å². The van der Waals surface area contributed by atoms with E-state index in [1.165, 1.54) is 18.1 Å². The summed E-state index contributed by atoms with van der Waals surface area (Å²) in [6, 6.07) is 13.9. The maximum absolute atomic E-state index is 16.0. The number of ether oxygens (including phenoxy) is 1. The van der Waals surface area contributed by atoms with Crippen LogP contribution in [0.1, 0.15) is 43.6 Å². The van der Waals surface area contributed by atoms with Crippen LogP contribution in [0.5, 0.6) is 0 Å². The van der Waals surface area contributed by atoms with Crippen LogP contribution in [0, 0.1) is 18.6 Å². The number of allylic oxidation sites excluding steroid dienone is 2. The normalized spacial score (nSPS) is 10.5. The van der Waals surface area contributed by atoms with Crippen molar-refractivity contribution in [2.24, 2.45) is 0 Å². The summed E-state index contributed by atoms with van der Waals surface area (Å²) >= 11 is 0. The van der Waals surface area contributed by atoms with Gasteiger partial charge in [-0.2, -0.15) is 0 Å². The zero-order valence-corrected chi connectivity index (χ0v) is 22.3. The van der Waals surface area contributed by atoms with Crippen molar-refractivity contribution in [1.82, 2.24) is 0 Å². The zero-order chi connectivity index (χ0) is 27.1. The molecule has 3 aromatic carbocycles. The van der Waals surface area contributed by atoms with E-state index in [9.17, 15) is 4.79 Å². The molecule has 3 aromatic rings. The molecule has 37 heavy (non-hydrogen) atoms. The fourth-order valence-electron chi connectivity index (χ4n) is 3.97. The zero-order valence-electron chi connectivity index (χ0n) is 22.3. The highest BCUT2D eigenvalue weighted by Gasteiger charge is 2.29. The van der Waals surface area contributed by atoms with Crippen molar-refractivity contribution >= 4 is 17.3 Å². The topological polar surface area (TPSA) is 50.4 Å². The minimum absolute atomic E-state index is 0.0394. The second-order valence-electron chi connectivity index (χ2n) is 9.35. The summed E-state index contributed by atoms with van der Waals surface area (Å²) in [5, 5.41) is 6.51. The number of methoxy groups -OCH3 is 1. The van der Waals surface area contributed by atoms with Crippen LogP contribution < -0.4 is 10.6 Å². The van der Waals surface area contributed by atoms with Crippen LogP contribution in [-0.4, -0.2) is 26.2 Å². The van der Waals surface area contributed by atoms with Crippen LogP contribution in [0.2, 0.25) is 0 Å². The molecule has 0 radical (unpaired) electrons. The third-order valence-corrected chi connectivity index (χ3v) is 5.98. The van der Waals surface area contributed by atoms with Crippen LogP contribution in [0.25, 0.3) is 22.3 Å². The third kappa shape index (κ3) is 6.64. The molecule has 0 amide bonds. The Kier molecular flexibility index (Phi) is 9.23. The molecule has 0 spiro atoms. The highest BCUT2D eigenvalue weighted by molar-refractivity contribution is 6.00. The predicted octanol–water partition coefficient (Wildman–Crippen LogP) is 8.15. The van der Waals surface area contributed by atoms with Gasteiger partial charge in [-0.05, 0) is 75.6 Å². The Balaban J connectivity index is 2.04. The first-order chi connectivity index (χ1) is 17.6. The molecular formula is C31H34F2N2O2. The first-order valence-corrected chi connectivity index (χ1v) is 12.2. The molecule has 194 valence electrons. The minimum Gasteiger partial charge on any atom is -0.465 e. The van der Waals surface area contributed by atoms with Crippen molar-refractivity contribution in [3.8, 4) is 22.3 Å². The lowest BCUT2D eigenvalue weighted by Gasteiger charge is -2.18. The van der Waals surface area contributed by atoms with Crippen molar-refractivity contribution in [2.75, 3.05) is 30.8 Å². The summed E-state index contributed by atoms with van der Waals surface area (Å²) < 4.78 is 36.7. The fraction of sp³-hybridized carbons (Fsp3) is 0.258. The first kappa shape index (κ1) is 27.7. The molecule has 0 aromatic heterocycles. The maximum atomic E-state index is 16.0. The van der Waals surface area contributed by atoms with Crippen molar-refractivity contribution < 1.29 is 18.3 Å². The molecule has 0 saturated heterocycles. The monoisotopic (exact) mass is 504 g/mol. The number of anilines is 2.